The van der Waals surface area contributed by atoms with Gasteiger partial charge in [0.2, 0.25) is 0 Å². The lowest BCUT2D eigenvalue weighted by Crippen LogP contribution is -2.00. The Bertz CT molecular complexity index is 475. The van der Waals surface area contributed by atoms with Gasteiger partial charge in [0, 0.05) is 6.21 Å². The van der Waals surface area contributed by atoms with Gasteiger partial charge in [0.15, 0.2) is 5.82 Å². The average Bonchev–Trinajstić information content (AvgIpc) is 2.55. The summed E-state index contributed by atoms with van der Waals surface area (Å²) in [4.78, 5) is 20.6. The zero-order chi connectivity index (χ0) is 12.1. The summed E-state index contributed by atoms with van der Waals surface area (Å²) in [6.45, 7) is 9.69. The van der Waals surface area contributed by atoms with Gasteiger partial charge in [0.05, 0.1) is 5.69 Å². The molecule has 86 valence electrons. The number of aromatic nitrogens is 2. The zero-order valence-electron chi connectivity index (χ0n) is 9.87. The van der Waals surface area contributed by atoms with Crippen LogP contribution in [0.2, 0.25) is 0 Å². The second kappa shape index (κ2) is 5.30. The molecule has 0 fully saturated rings. The quantitative estimate of drug-likeness (QED) is 0.593. The number of aromatic amines is 2. The molecule has 0 saturated carbocycles. The number of H-pyrrole nitrogens is 2. The Kier molecular flexibility index (Phi) is 4.05. The molecule has 16 heavy (non-hydrogen) atoms. The molecule has 4 nitrogen and oxygen atoms in total. The molecule has 1 aromatic heterocycles. The summed E-state index contributed by atoms with van der Waals surface area (Å²) in [6.07, 6.45) is 5.31. The molecule has 0 aliphatic carbocycles. The standard InChI is InChI=1S/C12H17N3O/c1-5-9(8(3)4)7-10-11(13-6-2)15-12(16)14-10/h5-8H,1H2,2-4H3,(H2,14,15,16)/b9-7+,13-6+. The molecule has 1 aromatic rings. The van der Waals surface area contributed by atoms with E-state index in [2.05, 4.69) is 35.4 Å². The van der Waals surface area contributed by atoms with Crippen LogP contribution < -0.4 is 5.69 Å². The number of nitrogens with zero attached hydrogens (tertiary/aromatic N) is 1. The van der Waals surface area contributed by atoms with E-state index in [0.29, 0.717) is 17.4 Å². The Morgan fingerprint density at radius 1 is 1.44 bits per heavy atom. The second-order valence-electron chi connectivity index (χ2n) is 3.73. The first kappa shape index (κ1) is 12.2. The smallest absolute Gasteiger partial charge is 0.304 e. The molecule has 0 aliphatic heterocycles. The third kappa shape index (κ3) is 2.82. The third-order valence-electron chi connectivity index (χ3n) is 2.21. The number of allylic oxidation sites excluding steroid dienone is 2. The van der Waals surface area contributed by atoms with Gasteiger partial charge in [-0.2, -0.15) is 0 Å². The maximum Gasteiger partial charge on any atom is 0.325 e. The van der Waals surface area contributed by atoms with Gasteiger partial charge in [-0.15, -0.1) is 0 Å². The summed E-state index contributed by atoms with van der Waals surface area (Å²) in [7, 11) is 0. The van der Waals surface area contributed by atoms with Crippen LogP contribution in [0.25, 0.3) is 6.08 Å². The predicted molar refractivity (Wildman–Crippen MR) is 68.3 cm³/mol. The fourth-order valence-corrected chi connectivity index (χ4v) is 1.35. The van der Waals surface area contributed by atoms with Crippen LogP contribution in [-0.4, -0.2) is 16.2 Å². The molecule has 0 atom stereocenters. The minimum atomic E-state index is -0.251. The van der Waals surface area contributed by atoms with E-state index in [9.17, 15) is 4.79 Å². The van der Waals surface area contributed by atoms with Gasteiger partial charge >= 0.3 is 5.69 Å². The van der Waals surface area contributed by atoms with Gasteiger partial charge < -0.3 is 4.98 Å². The number of nitrogens with one attached hydrogen (secondary N) is 2. The number of hydrogen-bond donors (Lipinski definition) is 2. The van der Waals surface area contributed by atoms with Gasteiger partial charge in [-0.05, 0) is 24.5 Å². The van der Waals surface area contributed by atoms with Crippen LogP contribution in [0, 0.1) is 5.92 Å². The third-order valence-corrected chi connectivity index (χ3v) is 2.21. The van der Waals surface area contributed by atoms with Crippen molar-refractivity contribution >= 4 is 18.1 Å². The highest BCUT2D eigenvalue weighted by Gasteiger charge is 2.05. The van der Waals surface area contributed by atoms with Crippen molar-refractivity contribution in [3.05, 3.63) is 34.4 Å². The molecule has 2 N–H and O–H groups in total. The monoisotopic (exact) mass is 219 g/mol. The summed E-state index contributed by atoms with van der Waals surface area (Å²) in [5, 5.41) is 0. The summed E-state index contributed by atoms with van der Waals surface area (Å²) in [5.41, 5.74) is 1.49. The van der Waals surface area contributed by atoms with Crippen LogP contribution in [0.15, 0.2) is 28.0 Å². The van der Waals surface area contributed by atoms with Crippen LogP contribution in [0.4, 0.5) is 5.82 Å². The number of rotatable bonds is 4. The lowest BCUT2D eigenvalue weighted by Gasteiger charge is -2.04. The van der Waals surface area contributed by atoms with E-state index in [0.717, 1.165) is 5.57 Å². The fraction of sp³-hybridized carbons (Fsp3) is 0.333. The normalized spacial score (nSPS) is 12.6. The lowest BCUT2D eigenvalue weighted by molar-refractivity contribution is 0.797. The summed E-state index contributed by atoms with van der Waals surface area (Å²) >= 11 is 0. The maximum absolute atomic E-state index is 11.2. The average molecular weight is 219 g/mol. The molecule has 1 rings (SSSR count). The predicted octanol–water partition coefficient (Wildman–Crippen LogP) is 2.65. The van der Waals surface area contributed by atoms with E-state index in [4.69, 9.17) is 0 Å². The minimum absolute atomic E-state index is 0.251. The highest BCUT2D eigenvalue weighted by Crippen LogP contribution is 2.19. The molecule has 0 radical (unpaired) electrons. The van der Waals surface area contributed by atoms with Crippen molar-refractivity contribution in [2.45, 2.75) is 20.8 Å². The first-order chi connectivity index (χ1) is 7.58. The topological polar surface area (TPSA) is 61.0 Å². The molecule has 1 heterocycles. The zero-order valence-corrected chi connectivity index (χ0v) is 9.87. The van der Waals surface area contributed by atoms with Crippen molar-refractivity contribution < 1.29 is 0 Å². The Hall–Kier alpha value is -1.84. The minimum Gasteiger partial charge on any atom is -0.304 e. The van der Waals surface area contributed by atoms with Crippen molar-refractivity contribution in [2.75, 3.05) is 0 Å². The van der Waals surface area contributed by atoms with E-state index >= 15 is 0 Å². The van der Waals surface area contributed by atoms with Gasteiger partial charge in [0.1, 0.15) is 0 Å². The van der Waals surface area contributed by atoms with E-state index < -0.39 is 0 Å². The van der Waals surface area contributed by atoms with Crippen LogP contribution in [-0.2, 0) is 0 Å². The summed E-state index contributed by atoms with van der Waals surface area (Å²) in [6, 6.07) is 0. The highest BCUT2D eigenvalue weighted by molar-refractivity contribution is 5.66. The molecule has 0 aliphatic rings. The van der Waals surface area contributed by atoms with Crippen LogP contribution in [0.1, 0.15) is 26.5 Å². The first-order valence-corrected chi connectivity index (χ1v) is 5.23. The second-order valence-corrected chi connectivity index (χ2v) is 3.73. The molecule has 4 heteroatoms. The summed E-state index contributed by atoms with van der Waals surface area (Å²) < 4.78 is 0. The van der Waals surface area contributed by atoms with Gasteiger partial charge in [0.25, 0.3) is 0 Å². The first-order valence-electron chi connectivity index (χ1n) is 5.23. The van der Waals surface area contributed by atoms with Crippen molar-refractivity contribution in [3.63, 3.8) is 0 Å². The van der Waals surface area contributed by atoms with Gasteiger partial charge in [-0.1, -0.05) is 26.5 Å². The van der Waals surface area contributed by atoms with Crippen LogP contribution >= 0.6 is 0 Å². The van der Waals surface area contributed by atoms with E-state index in [1.54, 1.807) is 19.2 Å². The van der Waals surface area contributed by atoms with Crippen LogP contribution in [0.5, 0.6) is 0 Å². The maximum atomic E-state index is 11.2. The molecular formula is C12H17N3O. The molecule has 0 amide bonds. The Morgan fingerprint density at radius 2 is 2.12 bits per heavy atom. The Labute approximate surface area is 94.8 Å². The largest absolute Gasteiger partial charge is 0.325 e. The van der Waals surface area contributed by atoms with Crippen molar-refractivity contribution in [1.82, 2.24) is 9.97 Å². The van der Waals surface area contributed by atoms with Crippen molar-refractivity contribution in [2.24, 2.45) is 10.9 Å². The van der Waals surface area contributed by atoms with Crippen molar-refractivity contribution in [3.8, 4) is 0 Å². The van der Waals surface area contributed by atoms with Crippen LogP contribution in [0.3, 0.4) is 0 Å². The molecule has 0 aromatic carbocycles. The number of hydrogen-bond acceptors (Lipinski definition) is 2. The molecule has 0 saturated heterocycles. The van der Waals surface area contributed by atoms with Gasteiger partial charge in [-0.25, -0.2) is 9.79 Å². The Morgan fingerprint density at radius 3 is 2.62 bits per heavy atom. The molecule has 0 spiro atoms. The van der Waals surface area contributed by atoms with E-state index in [1.165, 1.54) is 0 Å². The van der Waals surface area contributed by atoms with Crippen molar-refractivity contribution in [1.29, 1.82) is 0 Å². The molecule has 0 unspecified atom stereocenters. The van der Waals surface area contributed by atoms with E-state index in [1.807, 2.05) is 6.08 Å². The molecular weight excluding hydrogens is 202 g/mol. The number of imidazole rings is 1. The SMILES string of the molecule is C=C/C(=C\c1[nH]c(=O)[nH]c1/N=C/C)C(C)C. The number of aliphatic imine (C=N–C) groups is 1. The Balaban J connectivity index is 3.22. The van der Waals surface area contributed by atoms with E-state index in [-0.39, 0.29) is 5.69 Å². The fourth-order valence-electron chi connectivity index (χ4n) is 1.35. The lowest BCUT2D eigenvalue weighted by atomic mass is 10.0. The molecule has 0 bridgehead atoms. The summed E-state index contributed by atoms with van der Waals surface area (Å²) in [5.74, 6) is 0.904. The highest BCUT2D eigenvalue weighted by atomic mass is 16.1. The van der Waals surface area contributed by atoms with Gasteiger partial charge in [-0.3, -0.25) is 4.98 Å².